The Morgan fingerprint density at radius 3 is 1.62 bits per heavy atom. The van der Waals surface area contributed by atoms with Crippen molar-refractivity contribution in [3.63, 3.8) is 0 Å². The van der Waals surface area contributed by atoms with Crippen molar-refractivity contribution in [2.75, 3.05) is 4.90 Å². The van der Waals surface area contributed by atoms with Crippen LogP contribution in [0.4, 0.5) is 17.1 Å². The van der Waals surface area contributed by atoms with Gasteiger partial charge in [0.2, 0.25) is 0 Å². The molecule has 0 saturated heterocycles. The number of benzene rings is 11. The highest BCUT2D eigenvalue weighted by atomic mass is 16.3. The zero-order valence-corrected chi connectivity index (χ0v) is 31.6. The predicted octanol–water partition coefficient (Wildman–Crippen LogP) is 16.2. The lowest BCUT2D eigenvalue weighted by molar-refractivity contribution is 0.670. The number of hydrogen-bond acceptors (Lipinski definition) is 2. The fourth-order valence-electron chi connectivity index (χ4n) is 9.32. The van der Waals surface area contributed by atoms with Gasteiger partial charge in [-0.15, -0.1) is 0 Å². The van der Waals surface area contributed by atoms with Crippen molar-refractivity contribution in [3.05, 3.63) is 212 Å². The summed E-state index contributed by atoms with van der Waals surface area (Å²) in [6.07, 6.45) is 0. The Bertz CT molecular complexity index is 3530. The molecule has 0 amide bonds. The molecule has 2 heteroatoms. The molecule has 12 aromatic rings. The number of fused-ring (bicyclic) bond motifs is 11. The van der Waals surface area contributed by atoms with Crippen molar-refractivity contribution in [2.24, 2.45) is 0 Å². The smallest absolute Gasteiger partial charge is 0.143 e. The van der Waals surface area contributed by atoms with E-state index in [1.165, 1.54) is 65.0 Å². The van der Waals surface area contributed by atoms with E-state index in [-0.39, 0.29) is 0 Å². The van der Waals surface area contributed by atoms with E-state index in [4.69, 9.17) is 4.42 Å². The van der Waals surface area contributed by atoms with Crippen molar-refractivity contribution in [2.45, 2.75) is 0 Å². The van der Waals surface area contributed by atoms with Gasteiger partial charge in [-0.3, -0.25) is 0 Å². The molecule has 270 valence electrons. The molecule has 0 fully saturated rings. The van der Waals surface area contributed by atoms with Crippen molar-refractivity contribution >= 4 is 92.9 Å². The molecule has 0 bridgehead atoms. The molecule has 1 aromatic heterocycles. The topological polar surface area (TPSA) is 16.4 Å². The maximum absolute atomic E-state index is 7.05. The van der Waals surface area contributed by atoms with Crippen molar-refractivity contribution in [1.82, 2.24) is 0 Å². The highest BCUT2D eigenvalue weighted by Crippen LogP contribution is 2.48. The Hall–Kier alpha value is -7.68. The zero-order valence-electron chi connectivity index (χ0n) is 31.6. The molecule has 58 heavy (non-hydrogen) atoms. The number of furan rings is 1. The molecule has 0 N–H and O–H groups in total. The summed E-state index contributed by atoms with van der Waals surface area (Å²) in [5, 5.41) is 14.5. The van der Waals surface area contributed by atoms with Crippen LogP contribution in [-0.4, -0.2) is 0 Å². The predicted molar refractivity (Wildman–Crippen MR) is 247 cm³/mol. The second-order valence-electron chi connectivity index (χ2n) is 15.2. The summed E-state index contributed by atoms with van der Waals surface area (Å²) in [4.78, 5) is 2.42. The SMILES string of the molecule is c1ccc(-c2ccc(N(c3ccc4c5ccccc5c5ccccc5c4c3)c3cccc4oc5c(-c6ccc7ccccc7c6)c6ccccc6cc5c34)cc2)cc1. The van der Waals surface area contributed by atoms with Gasteiger partial charge >= 0.3 is 0 Å². The van der Waals surface area contributed by atoms with Gasteiger partial charge in [0.15, 0.2) is 0 Å². The van der Waals surface area contributed by atoms with Crippen LogP contribution in [0.5, 0.6) is 0 Å². The lowest BCUT2D eigenvalue weighted by atomic mass is 9.93. The lowest BCUT2D eigenvalue weighted by Gasteiger charge is -2.27. The van der Waals surface area contributed by atoms with Gasteiger partial charge in [0.1, 0.15) is 11.2 Å². The van der Waals surface area contributed by atoms with Crippen molar-refractivity contribution < 1.29 is 4.42 Å². The molecule has 0 radical (unpaired) electrons. The van der Waals surface area contributed by atoms with Gasteiger partial charge in [0, 0.05) is 22.3 Å². The van der Waals surface area contributed by atoms with Crippen LogP contribution in [0.3, 0.4) is 0 Å². The molecule has 2 nitrogen and oxygen atoms in total. The van der Waals surface area contributed by atoms with Gasteiger partial charge in [0.25, 0.3) is 0 Å². The first kappa shape index (κ1) is 32.6. The van der Waals surface area contributed by atoms with Crippen LogP contribution in [0, 0.1) is 0 Å². The highest BCUT2D eigenvalue weighted by molar-refractivity contribution is 6.26. The first-order valence-electron chi connectivity index (χ1n) is 19.9. The second-order valence-corrected chi connectivity index (χ2v) is 15.2. The standard InChI is InChI=1S/C56H35NO/c1-2-13-36(14-3-1)38-27-29-42(30-28-38)57(43-31-32-49-47-21-9-8-19-45(47)46-20-10-11-22-48(46)50(49)35-43)52-23-12-24-53-55(52)51-34-40-17-6-7-18-44(40)54(56(51)58-53)41-26-25-37-15-4-5-16-39(37)33-41/h1-35H. The molecule has 0 aliphatic rings. The van der Waals surface area contributed by atoms with Crippen LogP contribution < -0.4 is 4.90 Å². The first-order chi connectivity index (χ1) is 28.8. The molecule has 0 spiro atoms. The zero-order chi connectivity index (χ0) is 38.2. The molecule has 1 heterocycles. The van der Waals surface area contributed by atoms with Crippen molar-refractivity contribution in [3.8, 4) is 22.3 Å². The number of anilines is 3. The molecular weight excluding hydrogens is 703 g/mol. The number of nitrogens with zero attached hydrogens (tertiary/aromatic N) is 1. The van der Waals surface area contributed by atoms with E-state index in [1.54, 1.807) is 0 Å². The average molecular weight is 738 g/mol. The van der Waals surface area contributed by atoms with E-state index in [9.17, 15) is 0 Å². The van der Waals surface area contributed by atoms with Crippen LogP contribution in [-0.2, 0) is 0 Å². The Labute approximate surface area is 335 Å². The molecule has 0 aliphatic heterocycles. The summed E-state index contributed by atoms with van der Waals surface area (Å²) in [6.45, 7) is 0. The van der Waals surface area contributed by atoms with Gasteiger partial charge in [-0.2, -0.15) is 0 Å². The van der Waals surface area contributed by atoms with Gasteiger partial charge in [0.05, 0.1) is 11.1 Å². The fraction of sp³-hybridized carbons (Fsp3) is 0. The third kappa shape index (κ3) is 5.05. The molecule has 12 rings (SSSR count). The summed E-state index contributed by atoms with van der Waals surface area (Å²) in [6, 6.07) is 77.0. The summed E-state index contributed by atoms with van der Waals surface area (Å²) in [7, 11) is 0. The Balaban J connectivity index is 1.15. The maximum Gasteiger partial charge on any atom is 0.143 e. The summed E-state index contributed by atoms with van der Waals surface area (Å²) < 4.78 is 7.05. The third-order valence-electron chi connectivity index (χ3n) is 12.0. The van der Waals surface area contributed by atoms with E-state index in [2.05, 4.69) is 217 Å². The van der Waals surface area contributed by atoms with Gasteiger partial charge in [-0.1, -0.05) is 164 Å². The van der Waals surface area contributed by atoms with E-state index in [0.717, 1.165) is 50.1 Å². The molecular formula is C56H35NO. The molecule has 0 saturated carbocycles. The monoisotopic (exact) mass is 737 g/mol. The molecule has 0 aliphatic carbocycles. The third-order valence-corrected chi connectivity index (χ3v) is 12.0. The Morgan fingerprint density at radius 2 is 0.879 bits per heavy atom. The van der Waals surface area contributed by atoms with Crippen LogP contribution in [0.1, 0.15) is 0 Å². The molecule has 11 aromatic carbocycles. The van der Waals surface area contributed by atoms with E-state index < -0.39 is 0 Å². The van der Waals surface area contributed by atoms with Gasteiger partial charge in [-0.25, -0.2) is 0 Å². The average Bonchev–Trinajstić information content (AvgIpc) is 3.67. The van der Waals surface area contributed by atoms with Crippen LogP contribution in [0.2, 0.25) is 0 Å². The van der Waals surface area contributed by atoms with Crippen LogP contribution in [0.15, 0.2) is 217 Å². The minimum atomic E-state index is 0.855. The number of rotatable bonds is 5. The minimum absolute atomic E-state index is 0.855. The minimum Gasteiger partial charge on any atom is -0.455 e. The molecule has 0 atom stereocenters. The van der Waals surface area contributed by atoms with E-state index >= 15 is 0 Å². The fourth-order valence-corrected chi connectivity index (χ4v) is 9.32. The second kappa shape index (κ2) is 12.9. The van der Waals surface area contributed by atoms with E-state index in [1.807, 2.05) is 0 Å². The van der Waals surface area contributed by atoms with E-state index in [0.29, 0.717) is 0 Å². The first-order valence-corrected chi connectivity index (χ1v) is 19.9. The summed E-state index contributed by atoms with van der Waals surface area (Å²) in [5.74, 6) is 0. The molecule has 0 unspecified atom stereocenters. The van der Waals surface area contributed by atoms with Crippen molar-refractivity contribution in [1.29, 1.82) is 0 Å². The maximum atomic E-state index is 7.05. The normalized spacial score (nSPS) is 11.8. The van der Waals surface area contributed by atoms with Crippen LogP contribution in [0.25, 0.3) is 98.1 Å². The Kier molecular flexibility index (Phi) is 7.26. The van der Waals surface area contributed by atoms with Gasteiger partial charge in [-0.05, 0) is 119 Å². The lowest BCUT2D eigenvalue weighted by Crippen LogP contribution is -2.10. The summed E-state index contributed by atoms with van der Waals surface area (Å²) >= 11 is 0. The van der Waals surface area contributed by atoms with Gasteiger partial charge < -0.3 is 9.32 Å². The Morgan fingerprint density at radius 1 is 0.310 bits per heavy atom. The largest absolute Gasteiger partial charge is 0.455 e. The highest BCUT2D eigenvalue weighted by Gasteiger charge is 2.23. The summed E-state index contributed by atoms with van der Waals surface area (Å²) in [5.41, 5.74) is 9.60. The quantitative estimate of drug-likeness (QED) is 0.164. The van der Waals surface area contributed by atoms with Crippen LogP contribution >= 0.6 is 0 Å². The number of hydrogen-bond donors (Lipinski definition) is 0.